The summed E-state index contributed by atoms with van der Waals surface area (Å²) in [6.07, 6.45) is 17.1. The van der Waals surface area contributed by atoms with Crippen molar-refractivity contribution in [1.29, 1.82) is 0 Å². The standard InChI is InChI=1S/C26H46O4Si/c1-26(2,3)31(4,5)30-24(21-12-10-11-13-21)19-17-20-16-18-23(27)22(20)14-8-6-7-9-15-25(28)29/h6,8,16,21-24,27H,7,9-15,17-19H2,1-5H3,(H,28,29)/b8-6-/t22-,23+,24+/m1/s1. The largest absolute Gasteiger partial charge is 0.481 e. The van der Waals surface area contributed by atoms with Crippen LogP contribution in [0.1, 0.15) is 91.4 Å². The molecule has 0 heterocycles. The van der Waals surface area contributed by atoms with Gasteiger partial charge < -0.3 is 14.6 Å². The molecule has 31 heavy (non-hydrogen) atoms. The summed E-state index contributed by atoms with van der Waals surface area (Å²) in [6.45, 7) is 11.7. The number of allylic oxidation sites excluding steroid dienone is 2. The number of aliphatic hydroxyl groups is 1. The van der Waals surface area contributed by atoms with Gasteiger partial charge in [0.25, 0.3) is 0 Å². The van der Waals surface area contributed by atoms with Gasteiger partial charge >= 0.3 is 5.97 Å². The van der Waals surface area contributed by atoms with Crippen LogP contribution >= 0.6 is 0 Å². The molecule has 0 aliphatic heterocycles. The Hall–Kier alpha value is -0.913. The van der Waals surface area contributed by atoms with Gasteiger partial charge in [0.2, 0.25) is 0 Å². The van der Waals surface area contributed by atoms with Crippen molar-refractivity contribution in [1.82, 2.24) is 0 Å². The minimum Gasteiger partial charge on any atom is -0.481 e. The average Bonchev–Trinajstić information content (AvgIpc) is 3.31. The zero-order chi connectivity index (χ0) is 23.1. The second kappa shape index (κ2) is 11.8. The molecule has 0 aromatic rings. The molecule has 3 atom stereocenters. The van der Waals surface area contributed by atoms with Crippen LogP contribution in [-0.4, -0.2) is 36.7 Å². The van der Waals surface area contributed by atoms with Crippen molar-refractivity contribution >= 4 is 14.3 Å². The minimum absolute atomic E-state index is 0.202. The van der Waals surface area contributed by atoms with E-state index >= 15 is 0 Å². The van der Waals surface area contributed by atoms with Crippen LogP contribution in [0.4, 0.5) is 0 Å². The van der Waals surface area contributed by atoms with Crippen molar-refractivity contribution in [2.75, 3.05) is 0 Å². The molecule has 5 heteroatoms. The highest BCUT2D eigenvalue weighted by Gasteiger charge is 2.41. The summed E-state index contributed by atoms with van der Waals surface area (Å²) >= 11 is 0. The van der Waals surface area contributed by atoms with Crippen LogP contribution in [0.2, 0.25) is 18.1 Å². The van der Waals surface area contributed by atoms with Crippen LogP contribution in [0.15, 0.2) is 23.8 Å². The maximum Gasteiger partial charge on any atom is 0.303 e. The Labute approximate surface area is 191 Å². The Bertz CT molecular complexity index is 626. The molecule has 2 rings (SSSR count). The number of hydrogen-bond donors (Lipinski definition) is 2. The topological polar surface area (TPSA) is 66.8 Å². The number of carboxylic acid groups (broad SMARTS) is 1. The fraction of sp³-hybridized carbons (Fsp3) is 0.808. The van der Waals surface area contributed by atoms with Crippen LogP contribution in [0, 0.1) is 11.8 Å². The molecule has 178 valence electrons. The highest BCUT2D eigenvalue weighted by molar-refractivity contribution is 6.74. The highest BCUT2D eigenvalue weighted by atomic mass is 28.4. The monoisotopic (exact) mass is 450 g/mol. The molecule has 0 saturated heterocycles. The quantitative estimate of drug-likeness (QED) is 0.194. The van der Waals surface area contributed by atoms with Gasteiger partial charge in [0.1, 0.15) is 0 Å². The number of carbonyl (C=O) groups is 1. The molecule has 4 nitrogen and oxygen atoms in total. The van der Waals surface area contributed by atoms with E-state index < -0.39 is 14.3 Å². The average molecular weight is 451 g/mol. The predicted molar refractivity (Wildman–Crippen MR) is 131 cm³/mol. The lowest BCUT2D eigenvalue weighted by molar-refractivity contribution is -0.137. The molecule has 0 unspecified atom stereocenters. The predicted octanol–water partition coefficient (Wildman–Crippen LogP) is 6.86. The number of aliphatic carboxylic acids is 1. The van der Waals surface area contributed by atoms with Crippen LogP contribution in [-0.2, 0) is 9.22 Å². The van der Waals surface area contributed by atoms with E-state index in [1.807, 2.05) is 0 Å². The number of hydrogen-bond acceptors (Lipinski definition) is 3. The molecule has 0 radical (unpaired) electrons. The van der Waals surface area contributed by atoms with Crippen molar-refractivity contribution in [2.45, 2.75) is 122 Å². The zero-order valence-corrected chi connectivity index (χ0v) is 21.5. The molecule has 0 amide bonds. The molecule has 0 bridgehead atoms. The summed E-state index contributed by atoms with van der Waals surface area (Å²) in [5.74, 6) is 0.156. The molecule has 2 aliphatic carbocycles. The molecule has 2 N–H and O–H groups in total. The Morgan fingerprint density at radius 2 is 1.94 bits per heavy atom. The van der Waals surface area contributed by atoms with Gasteiger partial charge in [-0.2, -0.15) is 0 Å². The first kappa shape index (κ1) is 26.3. The van der Waals surface area contributed by atoms with Gasteiger partial charge in [-0.1, -0.05) is 57.4 Å². The third kappa shape index (κ3) is 8.18. The van der Waals surface area contributed by atoms with Crippen LogP contribution in [0.25, 0.3) is 0 Å². The molecule has 2 aliphatic rings. The van der Waals surface area contributed by atoms with Crippen LogP contribution in [0.5, 0.6) is 0 Å². The maximum atomic E-state index is 10.6. The summed E-state index contributed by atoms with van der Waals surface area (Å²) in [6, 6.07) is 0. The fourth-order valence-corrected chi connectivity index (χ4v) is 6.17. The van der Waals surface area contributed by atoms with Crippen LogP contribution < -0.4 is 0 Å². The van der Waals surface area contributed by atoms with Crippen LogP contribution in [0.3, 0.4) is 0 Å². The summed E-state index contributed by atoms with van der Waals surface area (Å²) in [4.78, 5) is 10.6. The number of carboxylic acids is 1. The number of aliphatic hydroxyl groups excluding tert-OH is 1. The molecule has 1 fully saturated rings. The molecular formula is C26H46O4Si. The third-order valence-electron chi connectivity index (χ3n) is 7.78. The van der Waals surface area contributed by atoms with Crippen molar-refractivity contribution in [3.05, 3.63) is 23.8 Å². The van der Waals surface area contributed by atoms with Gasteiger partial charge in [-0.05, 0) is 75.4 Å². The van der Waals surface area contributed by atoms with Crippen molar-refractivity contribution < 1.29 is 19.4 Å². The lowest BCUT2D eigenvalue weighted by Crippen LogP contribution is -2.45. The Morgan fingerprint density at radius 1 is 1.26 bits per heavy atom. The second-order valence-electron chi connectivity index (χ2n) is 11.2. The van der Waals surface area contributed by atoms with E-state index in [-0.39, 0.29) is 23.5 Å². The van der Waals surface area contributed by atoms with E-state index in [0.29, 0.717) is 18.4 Å². The Kier molecular flexibility index (Phi) is 10.0. The van der Waals surface area contributed by atoms with Gasteiger partial charge in [-0.25, -0.2) is 0 Å². The molecule has 0 aromatic carbocycles. The fourth-order valence-electron chi connectivity index (χ4n) is 4.75. The lowest BCUT2D eigenvalue weighted by Gasteiger charge is -2.41. The van der Waals surface area contributed by atoms with E-state index in [2.05, 4.69) is 52.1 Å². The minimum atomic E-state index is -1.81. The summed E-state index contributed by atoms with van der Waals surface area (Å²) in [7, 11) is -1.81. The summed E-state index contributed by atoms with van der Waals surface area (Å²) in [5, 5.41) is 19.5. The van der Waals surface area contributed by atoms with Gasteiger partial charge in [0, 0.05) is 18.4 Å². The summed E-state index contributed by atoms with van der Waals surface area (Å²) < 4.78 is 6.94. The van der Waals surface area contributed by atoms with Crippen molar-refractivity contribution in [2.24, 2.45) is 11.8 Å². The van der Waals surface area contributed by atoms with E-state index in [1.165, 1.54) is 31.3 Å². The lowest BCUT2D eigenvalue weighted by atomic mass is 9.89. The Morgan fingerprint density at radius 3 is 2.55 bits per heavy atom. The highest BCUT2D eigenvalue weighted by Crippen LogP contribution is 2.42. The second-order valence-corrected chi connectivity index (χ2v) is 15.9. The van der Waals surface area contributed by atoms with E-state index in [1.54, 1.807) is 0 Å². The van der Waals surface area contributed by atoms with E-state index in [4.69, 9.17) is 9.53 Å². The summed E-state index contributed by atoms with van der Waals surface area (Å²) in [5.41, 5.74) is 1.39. The molecule has 0 spiro atoms. The van der Waals surface area contributed by atoms with Crippen molar-refractivity contribution in [3.63, 3.8) is 0 Å². The van der Waals surface area contributed by atoms with E-state index in [9.17, 15) is 9.90 Å². The van der Waals surface area contributed by atoms with Gasteiger partial charge in [0.15, 0.2) is 8.32 Å². The smallest absolute Gasteiger partial charge is 0.303 e. The molecule has 0 aromatic heterocycles. The maximum absolute atomic E-state index is 10.6. The number of rotatable bonds is 12. The van der Waals surface area contributed by atoms with Gasteiger partial charge in [0.05, 0.1) is 6.10 Å². The van der Waals surface area contributed by atoms with Crippen molar-refractivity contribution in [3.8, 4) is 0 Å². The van der Waals surface area contributed by atoms with Gasteiger partial charge in [-0.3, -0.25) is 4.79 Å². The normalized spacial score (nSPS) is 24.1. The van der Waals surface area contributed by atoms with E-state index in [0.717, 1.165) is 32.1 Å². The van der Waals surface area contributed by atoms with Gasteiger partial charge in [-0.15, -0.1) is 0 Å². The first-order valence-electron chi connectivity index (χ1n) is 12.4. The third-order valence-corrected chi connectivity index (χ3v) is 12.3. The Balaban J connectivity index is 1.93. The molecular weight excluding hydrogens is 404 g/mol. The molecule has 1 saturated carbocycles. The number of unbranched alkanes of at least 4 members (excludes halogenated alkanes) is 1. The first-order chi connectivity index (χ1) is 14.5. The first-order valence-corrected chi connectivity index (χ1v) is 15.3. The zero-order valence-electron chi connectivity index (χ0n) is 20.5. The SMILES string of the molecule is CC(C)(C)[Si](C)(C)O[C@@H](CCC1=CC[C@H](O)[C@@H]1C/C=C\CCCC(=O)O)C1CCCC1.